The number of aromatic nitrogens is 2. The highest BCUT2D eigenvalue weighted by molar-refractivity contribution is 5.74. The molecule has 0 bridgehead atoms. The van der Waals surface area contributed by atoms with Crippen LogP contribution in [0.25, 0.3) is 0 Å². The van der Waals surface area contributed by atoms with Crippen LogP contribution in [-0.2, 0) is 6.54 Å². The highest BCUT2D eigenvalue weighted by atomic mass is 16.3. The van der Waals surface area contributed by atoms with Gasteiger partial charge in [-0.15, -0.1) is 0 Å². The molecule has 21 heavy (non-hydrogen) atoms. The monoisotopic (exact) mass is 294 g/mol. The first-order valence-electron chi connectivity index (χ1n) is 7.67. The minimum absolute atomic E-state index is 0.0258. The van der Waals surface area contributed by atoms with E-state index in [-0.39, 0.29) is 12.1 Å². The van der Waals surface area contributed by atoms with E-state index in [2.05, 4.69) is 23.4 Å². The number of piperidine rings is 1. The van der Waals surface area contributed by atoms with Gasteiger partial charge < -0.3 is 15.3 Å². The number of nitrogens with zero attached hydrogens (tertiary/aromatic N) is 3. The predicted octanol–water partition coefficient (Wildman–Crippen LogP) is 1.30. The highest BCUT2D eigenvalue weighted by Crippen LogP contribution is 2.10. The van der Waals surface area contributed by atoms with Crippen molar-refractivity contribution in [1.82, 2.24) is 20.0 Å². The molecule has 0 radical (unpaired) electrons. The van der Waals surface area contributed by atoms with Crippen LogP contribution >= 0.6 is 0 Å². The molecule has 118 valence electrons. The van der Waals surface area contributed by atoms with E-state index in [0.717, 1.165) is 17.9 Å². The summed E-state index contributed by atoms with van der Waals surface area (Å²) in [6.07, 6.45) is 1.10. The van der Waals surface area contributed by atoms with Crippen LogP contribution in [-0.4, -0.2) is 51.6 Å². The van der Waals surface area contributed by atoms with E-state index < -0.39 is 0 Å². The van der Waals surface area contributed by atoms with Crippen LogP contribution in [0.4, 0.5) is 4.79 Å². The Kier molecular flexibility index (Phi) is 5.22. The van der Waals surface area contributed by atoms with Gasteiger partial charge >= 0.3 is 6.03 Å². The van der Waals surface area contributed by atoms with Crippen LogP contribution in [0.1, 0.15) is 31.2 Å². The summed E-state index contributed by atoms with van der Waals surface area (Å²) in [5.41, 5.74) is 2.17. The molecule has 0 spiro atoms. The van der Waals surface area contributed by atoms with Crippen LogP contribution in [0.2, 0.25) is 0 Å². The fraction of sp³-hybridized carbons (Fsp3) is 0.733. The number of nitrogens with one attached hydrogen (secondary N) is 1. The van der Waals surface area contributed by atoms with E-state index in [4.69, 9.17) is 0 Å². The third-order valence-electron chi connectivity index (χ3n) is 3.94. The number of hydrogen-bond donors (Lipinski definition) is 2. The molecule has 1 atom stereocenters. The molecule has 0 aromatic carbocycles. The van der Waals surface area contributed by atoms with Crippen molar-refractivity contribution < 1.29 is 9.90 Å². The van der Waals surface area contributed by atoms with E-state index >= 15 is 0 Å². The fourth-order valence-corrected chi connectivity index (χ4v) is 2.66. The van der Waals surface area contributed by atoms with E-state index in [1.807, 2.05) is 18.5 Å². The van der Waals surface area contributed by atoms with E-state index in [0.29, 0.717) is 38.4 Å². The summed E-state index contributed by atoms with van der Waals surface area (Å²) in [5.74, 6) is 0.322. The van der Waals surface area contributed by atoms with Gasteiger partial charge in [0.05, 0.1) is 11.8 Å². The Labute approximate surface area is 126 Å². The molecular formula is C15H26N4O2. The number of hydrogen-bond acceptors (Lipinski definition) is 3. The van der Waals surface area contributed by atoms with Gasteiger partial charge in [0.1, 0.15) is 0 Å². The van der Waals surface area contributed by atoms with Gasteiger partial charge in [0.15, 0.2) is 0 Å². The van der Waals surface area contributed by atoms with Gasteiger partial charge in [-0.1, -0.05) is 6.92 Å². The minimum Gasteiger partial charge on any atom is -0.393 e. The third-order valence-corrected chi connectivity index (χ3v) is 3.94. The lowest BCUT2D eigenvalue weighted by molar-refractivity contribution is 0.0933. The number of rotatable bonds is 4. The first-order valence-corrected chi connectivity index (χ1v) is 7.67. The normalized spacial score (nSPS) is 17.8. The van der Waals surface area contributed by atoms with Gasteiger partial charge in [-0.3, -0.25) is 4.68 Å². The molecule has 1 saturated heterocycles. The number of aliphatic hydroxyl groups excluding tert-OH is 1. The fourth-order valence-electron chi connectivity index (χ4n) is 2.66. The number of aryl methyl sites for hydroxylation is 2. The summed E-state index contributed by atoms with van der Waals surface area (Å²) in [4.78, 5) is 13.8. The second kappa shape index (κ2) is 6.93. The van der Waals surface area contributed by atoms with Crippen molar-refractivity contribution >= 4 is 6.03 Å². The average Bonchev–Trinajstić information content (AvgIpc) is 2.75. The van der Waals surface area contributed by atoms with Gasteiger partial charge in [0, 0.05) is 31.9 Å². The maximum absolute atomic E-state index is 12.0. The van der Waals surface area contributed by atoms with Gasteiger partial charge in [-0.2, -0.15) is 5.10 Å². The summed E-state index contributed by atoms with van der Waals surface area (Å²) in [6, 6.07) is 2.03. The minimum atomic E-state index is -0.251. The molecule has 2 amide bonds. The quantitative estimate of drug-likeness (QED) is 0.879. The van der Waals surface area contributed by atoms with Gasteiger partial charge in [0.25, 0.3) is 0 Å². The Morgan fingerprint density at radius 3 is 2.71 bits per heavy atom. The van der Waals surface area contributed by atoms with Crippen LogP contribution in [0.3, 0.4) is 0 Å². The molecule has 1 fully saturated rings. The average molecular weight is 294 g/mol. The number of carbonyl (C=O) groups is 1. The first-order chi connectivity index (χ1) is 9.95. The Morgan fingerprint density at radius 2 is 2.14 bits per heavy atom. The third kappa shape index (κ3) is 4.46. The Hall–Kier alpha value is -1.56. The molecule has 2 heterocycles. The second-order valence-electron chi connectivity index (χ2n) is 6.12. The smallest absolute Gasteiger partial charge is 0.317 e. The summed E-state index contributed by atoms with van der Waals surface area (Å²) in [5, 5.41) is 16.9. The molecule has 6 nitrogen and oxygen atoms in total. The topological polar surface area (TPSA) is 70.4 Å². The zero-order valence-electron chi connectivity index (χ0n) is 13.2. The molecule has 2 N–H and O–H groups in total. The molecule has 1 aromatic heterocycles. The summed E-state index contributed by atoms with van der Waals surface area (Å²) < 4.78 is 1.99. The number of carbonyl (C=O) groups excluding carboxylic acids is 1. The Bertz CT molecular complexity index is 478. The van der Waals surface area contributed by atoms with Gasteiger partial charge in [-0.25, -0.2) is 4.79 Å². The van der Waals surface area contributed by atoms with Crippen LogP contribution in [0, 0.1) is 19.8 Å². The molecule has 1 unspecified atom stereocenters. The molecule has 0 saturated carbocycles. The van der Waals surface area contributed by atoms with E-state index in [1.165, 1.54) is 0 Å². The first kappa shape index (κ1) is 15.8. The predicted molar refractivity (Wildman–Crippen MR) is 81.1 cm³/mol. The van der Waals surface area contributed by atoms with E-state index in [1.54, 1.807) is 4.90 Å². The summed E-state index contributed by atoms with van der Waals surface area (Å²) in [6.45, 7) is 8.86. The molecular weight excluding hydrogens is 268 g/mol. The van der Waals surface area contributed by atoms with Crippen LogP contribution in [0.15, 0.2) is 6.07 Å². The van der Waals surface area contributed by atoms with Crippen LogP contribution < -0.4 is 5.32 Å². The van der Waals surface area contributed by atoms with Crippen molar-refractivity contribution in [3.8, 4) is 0 Å². The zero-order chi connectivity index (χ0) is 15.4. The molecule has 6 heteroatoms. The lowest BCUT2D eigenvalue weighted by Crippen LogP contribution is -2.46. The van der Waals surface area contributed by atoms with Crippen molar-refractivity contribution in [3.05, 3.63) is 17.5 Å². The van der Waals surface area contributed by atoms with Crippen molar-refractivity contribution in [2.45, 2.75) is 46.3 Å². The van der Waals surface area contributed by atoms with Gasteiger partial charge in [-0.05, 0) is 38.7 Å². The number of amides is 2. The van der Waals surface area contributed by atoms with Crippen molar-refractivity contribution in [1.29, 1.82) is 0 Å². The molecule has 1 aromatic rings. The lowest BCUT2D eigenvalue weighted by Gasteiger charge is -2.30. The maximum atomic E-state index is 12.0. The SMILES string of the molecule is Cc1cc(C)n(CC(C)CNC(=O)N2CCC(O)CC2)n1. The van der Waals surface area contributed by atoms with Crippen LogP contribution in [0.5, 0.6) is 0 Å². The van der Waals surface area contributed by atoms with E-state index in [9.17, 15) is 9.90 Å². The van der Waals surface area contributed by atoms with Crippen molar-refractivity contribution in [3.63, 3.8) is 0 Å². The maximum Gasteiger partial charge on any atom is 0.317 e. The number of aliphatic hydroxyl groups is 1. The zero-order valence-corrected chi connectivity index (χ0v) is 13.2. The largest absolute Gasteiger partial charge is 0.393 e. The summed E-state index contributed by atoms with van der Waals surface area (Å²) >= 11 is 0. The number of urea groups is 1. The summed E-state index contributed by atoms with van der Waals surface area (Å²) in [7, 11) is 0. The van der Waals surface area contributed by atoms with Crippen molar-refractivity contribution in [2.24, 2.45) is 5.92 Å². The molecule has 1 aliphatic rings. The molecule has 0 aliphatic carbocycles. The molecule has 1 aliphatic heterocycles. The highest BCUT2D eigenvalue weighted by Gasteiger charge is 2.21. The standard InChI is InChI=1S/C15H26N4O2/c1-11(10-19-13(3)8-12(2)17-19)9-16-15(21)18-6-4-14(20)5-7-18/h8,11,14,20H,4-7,9-10H2,1-3H3,(H,16,21). The second-order valence-corrected chi connectivity index (χ2v) is 6.12. The molecule has 2 rings (SSSR count). The number of likely N-dealkylation sites (tertiary alicyclic amines) is 1. The lowest BCUT2D eigenvalue weighted by atomic mass is 10.1. The van der Waals surface area contributed by atoms with Crippen molar-refractivity contribution in [2.75, 3.05) is 19.6 Å². The Balaban J connectivity index is 1.74. The Morgan fingerprint density at radius 1 is 1.48 bits per heavy atom. The van der Waals surface area contributed by atoms with Gasteiger partial charge in [0.2, 0.25) is 0 Å².